The van der Waals surface area contributed by atoms with E-state index in [-0.39, 0.29) is 11.9 Å². The Labute approximate surface area is 157 Å². The highest BCUT2D eigenvalue weighted by Crippen LogP contribution is 2.32. The summed E-state index contributed by atoms with van der Waals surface area (Å²) >= 11 is 1.71. The van der Waals surface area contributed by atoms with Gasteiger partial charge in [-0.1, -0.05) is 12.1 Å². The summed E-state index contributed by atoms with van der Waals surface area (Å²) < 4.78 is 21.4. The van der Waals surface area contributed by atoms with E-state index in [1.165, 1.54) is 16.5 Å². The fourth-order valence-corrected chi connectivity index (χ4v) is 3.93. The van der Waals surface area contributed by atoms with Gasteiger partial charge in [-0.25, -0.2) is 4.39 Å². The Morgan fingerprint density at radius 2 is 2.15 bits per heavy atom. The molecule has 4 nitrogen and oxygen atoms in total. The number of likely N-dealkylation sites (N-methyl/N-ethyl adjacent to an activating group) is 1. The lowest BCUT2D eigenvalue weighted by atomic mass is 10.1. The molecule has 0 saturated carbocycles. The third-order valence-electron chi connectivity index (χ3n) is 4.37. The average molecular weight is 373 g/mol. The van der Waals surface area contributed by atoms with Crippen LogP contribution < -0.4 is 0 Å². The molecular formula is C20H24FN3OS. The molecule has 2 aromatic heterocycles. The minimum absolute atomic E-state index is 0.120. The topological polar surface area (TPSA) is 30.3 Å². The first-order valence-corrected chi connectivity index (χ1v) is 9.49. The van der Waals surface area contributed by atoms with Gasteiger partial charge in [-0.3, -0.25) is 9.58 Å². The van der Waals surface area contributed by atoms with Crippen LogP contribution in [0.1, 0.15) is 27.8 Å². The van der Waals surface area contributed by atoms with Crippen LogP contribution >= 0.6 is 11.3 Å². The van der Waals surface area contributed by atoms with Crippen LogP contribution in [-0.4, -0.2) is 34.9 Å². The fraction of sp³-hybridized carbons (Fsp3) is 0.350. The molecule has 0 radical (unpaired) electrons. The number of nitrogens with zero attached hydrogens (tertiary/aromatic N) is 3. The Bertz CT molecular complexity index is 805. The second-order valence-electron chi connectivity index (χ2n) is 6.47. The Morgan fingerprint density at radius 3 is 2.81 bits per heavy atom. The van der Waals surface area contributed by atoms with Crippen LogP contribution in [0.15, 0.2) is 48.0 Å². The molecule has 0 saturated heterocycles. The van der Waals surface area contributed by atoms with Crippen LogP contribution in [-0.2, 0) is 18.3 Å². The van der Waals surface area contributed by atoms with Gasteiger partial charge in [-0.15, -0.1) is 11.3 Å². The van der Waals surface area contributed by atoms with Gasteiger partial charge in [0.2, 0.25) is 0 Å². The van der Waals surface area contributed by atoms with E-state index in [1.54, 1.807) is 29.7 Å². The number of benzene rings is 1. The molecule has 3 aromatic rings. The molecule has 2 heterocycles. The number of aryl methyl sites for hydroxylation is 2. The SMILES string of the molecule is Cc1ccsc1C(OCCN(C)Cc1cccc(F)c1)c1ccnn1C. The molecule has 6 heteroatoms. The van der Waals surface area contributed by atoms with E-state index in [2.05, 4.69) is 28.4 Å². The minimum Gasteiger partial charge on any atom is -0.365 e. The van der Waals surface area contributed by atoms with Gasteiger partial charge >= 0.3 is 0 Å². The average Bonchev–Trinajstić information content (AvgIpc) is 3.20. The number of rotatable bonds is 8. The van der Waals surface area contributed by atoms with Gasteiger partial charge < -0.3 is 4.74 Å². The molecule has 0 N–H and O–H groups in total. The normalized spacial score (nSPS) is 12.7. The third kappa shape index (κ3) is 4.58. The van der Waals surface area contributed by atoms with Crippen molar-refractivity contribution in [2.75, 3.05) is 20.2 Å². The summed E-state index contributed by atoms with van der Waals surface area (Å²) in [4.78, 5) is 3.34. The molecule has 0 aliphatic heterocycles. The van der Waals surface area contributed by atoms with E-state index >= 15 is 0 Å². The highest BCUT2D eigenvalue weighted by molar-refractivity contribution is 7.10. The second-order valence-corrected chi connectivity index (χ2v) is 7.41. The van der Waals surface area contributed by atoms with Crippen molar-refractivity contribution in [2.45, 2.75) is 19.6 Å². The number of thiophene rings is 1. The molecule has 26 heavy (non-hydrogen) atoms. The highest BCUT2D eigenvalue weighted by Gasteiger charge is 2.21. The predicted octanol–water partition coefficient (Wildman–Crippen LogP) is 4.17. The quantitative estimate of drug-likeness (QED) is 0.594. The van der Waals surface area contributed by atoms with Crippen molar-refractivity contribution in [2.24, 2.45) is 7.05 Å². The Kier molecular flexibility index (Phi) is 6.19. The number of ether oxygens (including phenoxy) is 1. The van der Waals surface area contributed by atoms with Crippen molar-refractivity contribution in [1.29, 1.82) is 0 Å². The molecule has 138 valence electrons. The molecule has 0 aliphatic rings. The van der Waals surface area contributed by atoms with Gasteiger partial charge in [0.25, 0.3) is 0 Å². The lowest BCUT2D eigenvalue weighted by Gasteiger charge is -2.21. The van der Waals surface area contributed by atoms with E-state index in [0.717, 1.165) is 17.8 Å². The van der Waals surface area contributed by atoms with Crippen molar-refractivity contribution in [1.82, 2.24) is 14.7 Å². The first-order valence-electron chi connectivity index (χ1n) is 8.61. The number of hydrogen-bond donors (Lipinski definition) is 0. The minimum atomic E-state index is -0.198. The molecule has 1 atom stereocenters. The van der Waals surface area contributed by atoms with Gasteiger partial charge in [0.15, 0.2) is 0 Å². The van der Waals surface area contributed by atoms with Crippen LogP contribution in [0.25, 0.3) is 0 Å². The van der Waals surface area contributed by atoms with E-state index in [4.69, 9.17) is 4.74 Å². The van der Waals surface area contributed by atoms with Crippen LogP contribution in [0.5, 0.6) is 0 Å². The largest absolute Gasteiger partial charge is 0.365 e. The van der Waals surface area contributed by atoms with E-state index < -0.39 is 0 Å². The molecule has 0 aliphatic carbocycles. The standard InChI is InChI=1S/C20H24FN3OS/c1-15-8-12-26-20(15)19(18-7-9-22-24(18)3)25-11-10-23(2)14-16-5-4-6-17(21)13-16/h4-9,12-13,19H,10-11,14H2,1-3H3. The fourth-order valence-electron chi connectivity index (χ4n) is 2.94. The predicted molar refractivity (Wildman–Crippen MR) is 103 cm³/mol. The van der Waals surface area contributed by atoms with Crippen molar-refractivity contribution < 1.29 is 9.13 Å². The maximum absolute atomic E-state index is 13.3. The zero-order valence-corrected chi connectivity index (χ0v) is 16.2. The number of halogens is 1. The molecule has 0 amide bonds. The molecule has 1 aromatic carbocycles. The van der Waals surface area contributed by atoms with Crippen LogP contribution in [0.3, 0.4) is 0 Å². The molecule has 1 unspecified atom stereocenters. The summed E-state index contributed by atoms with van der Waals surface area (Å²) in [7, 11) is 3.95. The maximum Gasteiger partial charge on any atom is 0.134 e. The summed E-state index contributed by atoms with van der Waals surface area (Å²) in [5.74, 6) is -0.198. The maximum atomic E-state index is 13.3. The Hall–Kier alpha value is -2.02. The molecular weight excluding hydrogens is 349 g/mol. The summed E-state index contributed by atoms with van der Waals surface area (Å²) in [6.45, 7) is 4.14. The Balaban J connectivity index is 1.62. The number of aromatic nitrogens is 2. The van der Waals surface area contributed by atoms with Gasteiger partial charge in [0, 0.05) is 31.2 Å². The zero-order chi connectivity index (χ0) is 18.5. The van der Waals surface area contributed by atoms with Gasteiger partial charge in [0.05, 0.1) is 12.3 Å². The van der Waals surface area contributed by atoms with Gasteiger partial charge in [-0.05, 0) is 54.7 Å². The van der Waals surface area contributed by atoms with Crippen LogP contribution in [0, 0.1) is 12.7 Å². The molecule has 0 spiro atoms. The van der Waals surface area contributed by atoms with Crippen LogP contribution in [0.2, 0.25) is 0 Å². The molecule has 3 rings (SSSR count). The summed E-state index contributed by atoms with van der Waals surface area (Å²) in [5.41, 5.74) is 3.24. The third-order valence-corrected chi connectivity index (χ3v) is 5.43. The van der Waals surface area contributed by atoms with Crippen molar-refractivity contribution >= 4 is 11.3 Å². The Morgan fingerprint density at radius 1 is 1.31 bits per heavy atom. The first-order chi connectivity index (χ1) is 12.5. The first kappa shape index (κ1) is 18.8. The van der Waals surface area contributed by atoms with Crippen LogP contribution in [0.4, 0.5) is 4.39 Å². The van der Waals surface area contributed by atoms with E-state index in [9.17, 15) is 4.39 Å². The van der Waals surface area contributed by atoms with Crippen molar-refractivity contribution in [3.8, 4) is 0 Å². The second kappa shape index (κ2) is 8.58. The lowest BCUT2D eigenvalue weighted by molar-refractivity contribution is 0.0606. The summed E-state index contributed by atoms with van der Waals surface area (Å²) in [6, 6.07) is 10.8. The molecule has 0 fully saturated rings. The molecule has 0 bridgehead atoms. The van der Waals surface area contributed by atoms with Gasteiger partial charge in [-0.2, -0.15) is 5.10 Å². The zero-order valence-electron chi connectivity index (χ0n) is 15.4. The summed E-state index contributed by atoms with van der Waals surface area (Å²) in [5, 5.41) is 6.37. The van der Waals surface area contributed by atoms with E-state index in [0.29, 0.717) is 13.2 Å². The monoisotopic (exact) mass is 373 g/mol. The van der Waals surface area contributed by atoms with Crippen molar-refractivity contribution in [3.05, 3.63) is 75.5 Å². The number of hydrogen-bond acceptors (Lipinski definition) is 4. The van der Waals surface area contributed by atoms with E-state index in [1.807, 2.05) is 30.9 Å². The highest BCUT2D eigenvalue weighted by atomic mass is 32.1. The van der Waals surface area contributed by atoms with Gasteiger partial charge in [0.1, 0.15) is 11.9 Å². The summed E-state index contributed by atoms with van der Waals surface area (Å²) in [6.07, 6.45) is 1.68. The smallest absolute Gasteiger partial charge is 0.134 e. The van der Waals surface area contributed by atoms with Crippen molar-refractivity contribution in [3.63, 3.8) is 0 Å². The lowest BCUT2D eigenvalue weighted by Crippen LogP contribution is -2.24.